The molecular formula is C18H15F3N4O4. The number of aromatic nitrogens is 1. The van der Waals surface area contributed by atoms with Crippen LogP contribution in [0.1, 0.15) is 22.8 Å². The first-order chi connectivity index (χ1) is 13.6. The summed E-state index contributed by atoms with van der Waals surface area (Å²) in [6.07, 6.45) is -2.16. The van der Waals surface area contributed by atoms with Crippen LogP contribution in [0.3, 0.4) is 0 Å². The first-order valence-corrected chi connectivity index (χ1v) is 8.31. The summed E-state index contributed by atoms with van der Waals surface area (Å²) in [5, 5.41) is 0. The second-order valence-corrected chi connectivity index (χ2v) is 6.20. The number of imide groups is 1. The zero-order valence-electron chi connectivity index (χ0n) is 15.0. The predicted octanol–water partition coefficient (Wildman–Crippen LogP) is 2.44. The molecule has 2 heterocycles. The molecule has 11 heteroatoms. The van der Waals surface area contributed by atoms with Crippen LogP contribution in [0.15, 0.2) is 42.7 Å². The molecule has 8 nitrogen and oxygen atoms in total. The van der Waals surface area contributed by atoms with Crippen molar-refractivity contribution in [2.24, 2.45) is 5.73 Å². The summed E-state index contributed by atoms with van der Waals surface area (Å²) >= 11 is 0. The number of rotatable bonds is 5. The van der Waals surface area contributed by atoms with Crippen molar-refractivity contribution in [3.05, 3.63) is 53.9 Å². The van der Waals surface area contributed by atoms with Crippen molar-refractivity contribution in [3.63, 3.8) is 0 Å². The smallest absolute Gasteiger partial charge is 0.406 e. The van der Waals surface area contributed by atoms with E-state index in [1.807, 2.05) is 0 Å². The molecule has 2 N–H and O–H groups in total. The lowest BCUT2D eigenvalue weighted by atomic mass is 10.1. The molecule has 29 heavy (non-hydrogen) atoms. The Labute approximate surface area is 162 Å². The highest BCUT2D eigenvalue weighted by Gasteiger charge is 2.43. The Morgan fingerprint density at radius 3 is 2.45 bits per heavy atom. The van der Waals surface area contributed by atoms with Gasteiger partial charge in [0.25, 0.3) is 11.8 Å². The summed E-state index contributed by atoms with van der Waals surface area (Å²) in [7, 11) is 0. The van der Waals surface area contributed by atoms with Gasteiger partial charge in [0.05, 0.1) is 11.3 Å². The molecule has 0 bridgehead atoms. The van der Waals surface area contributed by atoms with Gasteiger partial charge in [-0.3, -0.25) is 14.6 Å². The van der Waals surface area contributed by atoms with Gasteiger partial charge in [0.2, 0.25) is 0 Å². The zero-order valence-corrected chi connectivity index (χ0v) is 15.0. The van der Waals surface area contributed by atoms with Gasteiger partial charge in [0.1, 0.15) is 11.8 Å². The summed E-state index contributed by atoms with van der Waals surface area (Å²) in [5.74, 6) is -1.77. The lowest BCUT2D eigenvalue weighted by molar-refractivity contribution is -0.274. The number of hydrogen-bond acceptors (Lipinski definition) is 5. The van der Waals surface area contributed by atoms with E-state index in [1.54, 1.807) is 0 Å². The fourth-order valence-electron chi connectivity index (χ4n) is 2.91. The highest BCUT2D eigenvalue weighted by atomic mass is 19.4. The minimum Gasteiger partial charge on any atom is -0.406 e. The van der Waals surface area contributed by atoms with Crippen LogP contribution >= 0.6 is 0 Å². The number of alkyl halides is 3. The summed E-state index contributed by atoms with van der Waals surface area (Å²) in [4.78, 5) is 42.9. The van der Waals surface area contributed by atoms with Gasteiger partial charge in [-0.2, -0.15) is 0 Å². The highest BCUT2D eigenvalue weighted by Crippen LogP contribution is 2.30. The van der Waals surface area contributed by atoms with E-state index in [9.17, 15) is 27.6 Å². The number of ether oxygens (including phenoxy) is 1. The van der Waals surface area contributed by atoms with Crippen molar-refractivity contribution in [3.8, 4) is 5.75 Å². The summed E-state index contributed by atoms with van der Waals surface area (Å²) < 4.78 is 40.6. The predicted molar refractivity (Wildman–Crippen MR) is 93.8 cm³/mol. The average Bonchev–Trinajstić information content (AvgIpc) is 2.85. The lowest BCUT2D eigenvalue weighted by Crippen LogP contribution is -2.34. The molecule has 0 saturated carbocycles. The van der Waals surface area contributed by atoms with E-state index in [-0.39, 0.29) is 17.8 Å². The molecule has 1 aromatic carbocycles. The standard InChI is InChI=1S/C18H15F3N4O4/c1-10-16(27)25(12-2-4-13(5-3-12)29-18(19,20)21)17(28)24(10)9-11-6-7-23-8-14(11)15(22)26/h2-8,10H,9H2,1H3,(H2,22,26). The summed E-state index contributed by atoms with van der Waals surface area (Å²) in [6, 6.07) is 4.33. The number of nitrogens with two attached hydrogens (primary N) is 1. The monoisotopic (exact) mass is 408 g/mol. The normalized spacial score (nSPS) is 17.0. The van der Waals surface area contributed by atoms with E-state index in [4.69, 9.17) is 5.73 Å². The highest BCUT2D eigenvalue weighted by molar-refractivity contribution is 6.21. The Morgan fingerprint density at radius 1 is 1.21 bits per heavy atom. The number of benzene rings is 1. The van der Waals surface area contributed by atoms with Crippen LogP contribution in [0, 0.1) is 0 Å². The van der Waals surface area contributed by atoms with E-state index >= 15 is 0 Å². The molecule has 1 fully saturated rings. The topological polar surface area (TPSA) is 106 Å². The number of anilines is 1. The largest absolute Gasteiger partial charge is 0.573 e. The molecule has 1 unspecified atom stereocenters. The molecule has 4 amide bonds. The first kappa shape index (κ1) is 20.1. The van der Waals surface area contributed by atoms with Crippen LogP contribution in [0.4, 0.5) is 23.7 Å². The number of primary amides is 1. The molecule has 2 aromatic rings. The van der Waals surface area contributed by atoms with Gasteiger partial charge in [-0.15, -0.1) is 13.2 Å². The van der Waals surface area contributed by atoms with Gasteiger partial charge in [0.15, 0.2) is 0 Å². The summed E-state index contributed by atoms with van der Waals surface area (Å²) in [6.45, 7) is 1.44. The third-order valence-electron chi connectivity index (χ3n) is 4.33. The molecule has 1 atom stereocenters. The van der Waals surface area contributed by atoms with Crippen molar-refractivity contribution < 1.29 is 32.3 Å². The molecular weight excluding hydrogens is 393 g/mol. The van der Waals surface area contributed by atoms with Gasteiger partial charge in [-0.05, 0) is 42.8 Å². The lowest BCUT2D eigenvalue weighted by Gasteiger charge is -2.20. The second kappa shape index (κ2) is 7.41. The van der Waals surface area contributed by atoms with Crippen molar-refractivity contribution in [1.82, 2.24) is 9.88 Å². The van der Waals surface area contributed by atoms with Crippen molar-refractivity contribution in [2.75, 3.05) is 4.90 Å². The maximum atomic E-state index is 12.8. The van der Waals surface area contributed by atoms with Gasteiger partial charge >= 0.3 is 12.4 Å². The number of hydrogen-bond donors (Lipinski definition) is 1. The zero-order chi connectivity index (χ0) is 21.3. The van der Waals surface area contributed by atoms with Crippen LogP contribution < -0.4 is 15.4 Å². The Kier molecular flexibility index (Phi) is 5.14. The number of carbonyl (C=O) groups is 3. The number of halogens is 3. The van der Waals surface area contributed by atoms with Gasteiger partial charge < -0.3 is 15.4 Å². The van der Waals surface area contributed by atoms with E-state index < -0.39 is 36.0 Å². The van der Waals surface area contributed by atoms with Crippen LogP contribution in [-0.2, 0) is 11.3 Å². The number of pyridine rings is 1. The van der Waals surface area contributed by atoms with Crippen molar-refractivity contribution in [1.29, 1.82) is 0 Å². The van der Waals surface area contributed by atoms with E-state index in [2.05, 4.69) is 9.72 Å². The molecule has 1 saturated heterocycles. The maximum Gasteiger partial charge on any atom is 0.573 e. The minimum atomic E-state index is -4.85. The van der Waals surface area contributed by atoms with E-state index in [0.29, 0.717) is 5.56 Å². The Hall–Kier alpha value is -3.63. The maximum absolute atomic E-state index is 12.8. The number of carbonyl (C=O) groups excluding carboxylic acids is 3. The first-order valence-electron chi connectivity index (χ1n) is 8.31. The molecule has 1 aliphatic rings. The molecule has 0 radical (unpaired) electrons. The molecule has 152 valence electrons. The number of nitrogens with zero attached hydrogens (tertiary/aromatic N) is 3. The van der Waals surface area contributed by atoms with E-state index in [0.717, 1.165) is 17.0 Å². The molecule has 0 spiro atoms. The third kappa shape index (κ3) is 4.13. The van der Waals surface area contributed by atoms with Crippen LogP contribution in [0.5, 0.6) is 5.75 Å². The van der Waals surface area contributed by atoms with Crippen molar-refractivity contribution in [2.45, 2.75) is 25.9 Å². The van der Waals surface area contributed by atoms with Gasteiger partial charge in [-0.1, -0.05) is 0 Å². The molecule has 3 rings (SSSR count). The van der Waals surface area contributed by atoms with Crippen LogP contribution in [-0.4, -0.2) is 40.1 Å². The molecule has 1 aliphatic heterocycles. The SMILES string of the molecule is CC1C(=O)N(c2ccc(OC(F)(F)F)cc2)C(=O)N1Cc1ccncc1C(N)=O. The Morgan fingerprint density at radius 2 is 1.86 bits per heavy atom. The Balaban J connectivity index is 1.84. The average molecular weight is 408 g/mol. The minimum absolute atomic E-state index is 0.0711. The number of urea groups is 1. The van der Waals surface area contributed by atoms with Crippen LogP contribution in [0.2, 0.25) is 0 Å². The van der Waals surface area contributed by atoms with Crippen LogP contribution in [0.25, 0.3) is 0 Å². The quantitative estimate of drug-likeness (QED) is 0.765. The second-order valence-electron chi connectivity index (χ2n) is 6.20. The number of amides is 4. The fourth-order valence-corrected chi connectivity index (χ4v) is 2.91. The van der Waals surface area contributed by atoms with Crippen molar-refractivity contribution >= 4 is 23.5 Å². The van der Waals surface area contributed by atoms with Gasteiger partial charge in [0, 0.05) is 18.9 Å². The molecule has 0 aliphatic carbocycles. The molecule has 1 aromatic heterocycles. The third-order valence-corrected chi connectivity index (χ3v) is 4.33. The fraction of sp³-hybridized carbons (Fsp3) is 0.222. The Bertz CT molecular complexity index is 962. The summed E-state index contributed by atoms with van der Waals surface area (Å²) in [5.41, 5.74) is 5.93. The van der Waals surface area contributed by atoms with Gasteiger partial charge in [-0.25, -0.2) is 9.69 Å². The van der Waals surface area contributed by atoms with E-state index in [1.165, 1.54) is 42.4 Å².